The maximum atomic E-state index is 14.1. The third kappa shape index (κ3) is 1.94. The molecule has 2 heterocycles. The molecule has 114 valence electrons. The van der Waals surface area contributed by atoms with E-state index in [0.717, 1.165) is 19.2 Å². The van der Waals surface area contributed by atoms with E-state index in [9.17, 15) is 22.8 Å². The number of hydrogen-bond donors (Lipinski definition) is 0. The van der Waals surface area contributed by atoms with Crippen molar-refractivity contribution < 1.29 is 27.5 Å². The SMILES string of the molecule is COC(=O)C1=CC(=C=O)c2cc(F)cc3c2N1CCC3(F)F. The van der Waals surface area contributed by atoms with Crippen molar-refractivity contribution >= 4 is 23.2 Å². The first kappa shape index (κ1) is 14.4. The summed E-state index contributed by atoms with van der Waals surface area (Å²) >= 11 is 0. The fraction of sp³-hybridized carbons (Fsp3) is 0.267. The topological polar surface area (TPSA) is 46.6 Å². The van der Waals surface area contributed by atoms with Gasteiger partial charge in [0.25, 0.3) is 5.92 Å². The number of alkyl halides is 2. The molecule has 0 saturated carbocycles. The van der Waals surface area contributed by atoms with Gasteiger partial charge in [0.05, 0.1) is 18.4 Å². The monoisotopic (exact) mass is 309 g/mol. The van der Waals surface area contributed by atoms with Crippen LogP contribution in [0.1, 0.15) is 17.5 Å². The molecule has 2 aliphatic heterocycles. The minimum atomic E-state index is -3.24. The number of nitrogens with zero attached hydrogens (tertiary/aromatic N) is 1. The van der Waals surface area contributed by atoms with Gasteiger partial charge in [0.2, 0.25) is 0 Å². The Morgan fingerprint density at radius 1 is 1.41 bits per heavy atom. The Morgan fingerprint density at radius 3 is 2.77 bits per heavy atom. The van der Waals surface area contributed by atoms with Crippen molar-refractivity contribution in [2.24, 2.45) is 0 Å². The van der Waals surface area contributed by atoms with Crippen LogP contribution >= 0.6 is 0 Å². The predicted molar refractivity (Wildman–Crippen MR) is 71.5 cm³/mol. The highest BCUT2D eigenvalue weighted by Crippen LogP contribution is 2.49. The highest BCUT2D eigenvalue weighted by molar-refractivity contribution is 6.07. The van der Waals surface area contributed by atoms with Crippen molar-refractivity contribution in [3.8, 4) is 0 Å². The van der Waals surface area contributed by atoms with Crippen LogP contribution in [0.25, 0.3) is 5.57 Å². The van der Waals surface area contributed by atoms with E-state index in [0.29, 0.717) is 0 Å². The Hall–Kier alpha value is -2.53. The van der Waals surface area contributed by atoms with E-state index in [-0.39, 0.29) is 29.1 Å². The number of methoxy groups -OCH3 is 1. The van der Waals surface area contributed by atoms with Gasteiger partial charge >= 0.3 is 5.97 Å². The Kier molecular flexibility index (Phi) is 3.11. The highest BCUT2D eigenvalue weighted by Gasteiger charge is 2.44. The first-order valence-electron chi connectivity index (χ1n) is 6.44. The van der Waals surface area contributed by atoms with Crippen LogP contribution in [-0.4, -0.2) is 25.6 Å². The number of ether oxygens (including phenoxy) is 1. The van der Waals surface area contributed by atoms with Crippen molar-refractivity contribution in [3.63, 3.8) is 0 Å². The molecule has 0 aromatic heterocycles. The minimum absolute atomic E-state index is 0.00275. The number of halogens is 3. The molecule has 0 N–H and O–H groups in total. The summed E-state index contributed by atoms with van der Waals surface area (Å²) in [5, 5.41) is 0. The molecule has 0 atom stereocenters. The Morgan fingerprint density at radius 2 is 2.14 bits per heavy atom. The van der Waals surface area contributed by atoms with E-state index in [4.69, 9.17) is 0 Å². The van der Waals surface area contributed by atoms with Gasteiger partial charge in [-0.15, -0.1) is 0 Å². The van der Waals surface area contributed by atoms with E-state index in [2.05, 4.69) is 4.74 Å². The van der Waals surface area contributed by atoms with Crippen LogP contribution in [0.2, 0.25) is 0 Å². The molecule has 0 fully saturated rings. The van der Waals surface area contributed by atoms with Gasteiger partial charge in [-0.3, -0.25) is 0 Å². The van der Waals surface area contributed by atoms with Crippen molar-refractivity contribution in [1.29, 1.82) is 0 Å². The van der Waals surface area contributed by atoms with Crippen LogP contribution in [0.3, 0.4) is 0 Å². The van der Waals surface area contributed by atoms with Gasteiger partial charge in [0.1, 0.15) is 17.5 Å². The van der Waals surface area contributed by atoms with Gasteiger partial charge < -0.3 is 9.64 Å². The standard InChI is InChI=1S/C15H10F3NO3/c1-22-14(21)12-4-8(7-20)10-5-9(16)6-11-13(10)19(12)3-2-15(11,17)18/h4-6H,2-3H2,1H3. The Balaban J connectivity index is 2.33. The molecule has 0 unspecified atom stereocenters. The van der Waals surface area contributed by atoms with Crippen molar-refractivity contribution in [3.05, 3.63) is 40.8 Å². The molecule has 0 spiro atoms. The van der Waals surface area contributed by atoms with Crippen LogP contribution in [0.4, 0.5) is 18.9 Å². The summed E-state index contributed by atoms with van der Waals surface area (Å²) in [5.41, 5.74) is -0.797. The maximum Gasteiger partial charge on any atom is 0.354 e. The number of anilines is 1. The lowest BCUT2D eigenvalue weighted by molar-refractivity contribution is -0.136. The van der Waals surface area contributed by atoms with Crippen LogP contribution in [0, 0.1) is 5.82 Å². The molecule has 22 heavy (non-hydrogen) atoms. The number of carbonyl (C=O) groups excluding carboxylic acids is 2. The predicted octanol–water partition coefficient (Wildman–Crippen LogP) is 2.41. The number of allylic oxidation sites excluding steroid dienone is 2. The molecule has 4 nitrogen and oxygen atoms in total. The average Bonchev–Trinajstić information content (AvgIpc) is 2.49. The molecule has 1 aromatic carbocycles. The van der Waals surface area contributed by atoms with Crippen molar-refractivity contribution in [1.82, 2.24) is 0 Å². The fourth-order valence-corrected chi connectivity index (χ4v) is 2.76. The fourth-order valence-electron chi connectivity index (χ4n) is 2.76. The van der Waals surface area contributed by atoms with Crippen LogP contribution in [0.5, 0.6) is 0 Å². The summed E-state index contributed by atoms with van der Waals surface area (Å²) in [6.07, 6.45) is 0.602. The maximum absolute atomic E-state index is 14.1. The zero-order valence-corrected chi connectivity index (χ0v) is 11.5. The minimum Gasteiger partial charge on any atom is -0.464 e. The smallest absolute Gasteiger partial charge is 0.354 e. The summed E-state index contributed by atoms with van der Waals surface area (Å²) in [6.45, 7) is -0.147. The van der Waals surface area contributed by atoms with Crippen molar-refractivity contribution in [2.45, 2.75) is 12.3 Å². The molecule has 0 bridgehead atoms. The molecule has 3 rings (SSSR count). The number of esters is 1. The molecule has 0 amide bonds. The van der Waals surface area contributed by atoms with E-state index >= 15 is 0 Å². The second kappa shape index (κ2) is 4.74. The van der Waals surface area contributed by atoms with Gasteiger partial charge in [0, 0.05) is 24.1 Å². The first-order chi connectivity index (χ1) is 10.4. The van der Waals surface area contributed by atoms with Crippen LogP contribution in [-0.2, 0) is 20.2 Å². The van der Waals surface area contributed by atoms with E-state index < -0.39 is 29.7 Å². The molecular formula is C15H10F3NO3. The van der Waals surface area contributed by atoms with Crippen LogP contribution < -0.4 is 4.90 Å². The lowest BCUT2D eigenvalue weighted by Crippen LogP contribution is -2.40. The van der Waals surface area contributed by atoms with Gasteiger partial charge in [-0.05, 0) is 18.2 Å². The second-order valence-electron chi connectivity index (χ2n) is 4.99. The molecule has 0 saturated heterocycles. The summed E-state index contributed by atoms with van der Waals surface area (Å²) in [4.78, 5) is 24.3. The summed E-state index contributed by atoms with van der Waals surface area (Å²) in [5.74, 6) is -3.32. The van der Waals surface area contributed by atoms with Gasteiger partial charge in [-0.1, -0.05) is 0 Å². The molecular weight excluding hydrogens is 299 g/mol. The third-order valence-corrected chi connectivity index (χ3v) is 3.75. The Labute approximate surface area is 123 Å². The zero-order chi connectivity index (χ0) is 16.1. The lowest BCUT2D eigenvalue weighted by atomic mass is 9.88. The van der Waals surface area contributed by atoms with Gasteiger partial charge in [-0.2, -0.15) is 0 Å². The van der Waals surface area contributed by atoms with E-state index in [1.165, 1.54) is 11.0 Å². The van der Waals surface area contributed by atoms with Gasteiger partial charge in [-0.25, -0.2) is 22.8 Å². The molecule has 7 heteroatoms. The second-order valence-corrected chi connectivity index (χ2v) is 4.99. The summed E-state index contributed by atoms with van der Waals surface area (Å²) in [7, 11) is 1.15. The largest absolute Gasteiger partial charge is 0.464 e. The van der Waals surface area contributed by atoms with E-state index in [1.54, 1.807) is 5.94 Å². The zero-order valence-electron chi connectivity index (χ0n) is 11.5. The summed E-state index contributed by atoms with van der Waals surface area (Å²) < 4.78 is 46.5. The average molecular weight is 309 g/mol. The van der Waals surface area contributed by atoms with Crippen LogP contribution in [0.15, 0.2) is 23.9 Å². The Bertz CT molecular complexity index is 764. The summed E-state index contributed by atoms with van der Waals surface area (Å²) in [6, 6.07) is 1.71. The van der Waals surface area contributed by atoms with E-state index in [1.807, 2.05) is 0 Å². The molecule has 0 radical (unpaired) electrons. The number of carbonyl (C=O) groups is 1. The molecule has 2 aliphatic rings. The number of benzene rings is 1. The number of rotatable bonds is 1. The number of hydrogen-bond acceptors (Lipinski definition) is 4. The molecule has 0 aliphatic carbocycles. The van der Waals surface area contributed by atoms with Gasteiger partial charge in [0.15, 0.2) is 0 Å². The van der Waals surface area contributed by atoms with Crippen molar-refractivity contribution in [2.75, 3.05) is 18.6 Å². The molecule has 1 aromatic rings. The first-order valence-corrected chi connectivity index (χ1v) is 6.44. The quantitative estimate of drug-likeness (QED) is 0.590. The third-order valence-electron chi connectivity index (χ3n) is 3.75. The lowest BCUT2D eigenvalue weighted by Gasteiger charge is -2.39. The normalized spacial score (nSPS) is 18.3. The highest BCUT2D eigenvalue weighted by atomic mass is 19.3.